The van der Waals surface area contributed by atoms with Crippen LogP contribution >= 0.6 is 0 Å². The molecular weight excluding hydrogens is 956 g/mol. The molecule has 0 saturated carbocycles. The van der Waals surface area contributed by atoms with E-state index in [0.717, 1.165) is 24.3 Å². The highest BCUT2D eigenvalue weighted by Crippen LogP contribution is 2.45. The van der Waals surface area contributed by atoms with Crippen molar-refractivity contribution in [3.8, 4) is 0 Å². The minimum absolute atomic E-state index is 0.178. The number of aliphatic hydroxyl groups excluding tert-OH is 3. The molecule has 5 heterocycles. The molecule has 1 aromatic carbocycles. The number of carbonyl (C=O) groups excluding carboxylic acids is 1. The summed E-state index contributed by atoms with van der Waals surface area (Å²) in [6.07, 6.45) is -3.69. The summed E-state index contributed by atoms with van der Waals surface area (Å²) >= 11 is 0. The normalized spacial score (nSPS) is 40.4. The molecule has 2 aromatic rings. The summed E-state index contributed by atoms with van der Waals surface area (Å²) in [6.45, 7) is 20.1. The summed E-state index contributed by atoms with van der Waals surface area (Å²) in [4.78, 5) is 21.0. The zero-order valence-corrected chi connectivity index (χ0v) is 46.8. The van der Waals surface area contributed by atoms with Crippen LogP contribution in [0.3, 0.4) is 0 Å². The Balaban J connectivity index is 1.26. The number of aromatic nitrogens is 3. The van der Waals surface area contributed by atoms with Crippen molar-refractivity contribution >= 4 is 11.7 Å². The zero-order valence-electron chi connectivity index (χ0n) is 46.8. The average Bonchev–Trinajstić information content (AvgIpc) is 4.08. The number of hydrogen-bond donors (Lipinski definition) is 5. The van der Waals surface area contributed by atoms with E-state index in [4.69, 9.17) is 28.4 Å². The lowest BCUT2D eigenvalue weighted by Gasteiger charge is -2.51. The molecule has 5 N–H and O–H groups in total. The quantitative estimate of drug-likeness (QED) is 0.151. The second kappa shape index (κ2) is 25.3. The van der Waals surface area contributed by atoms with E-state index >= 15 is 0 Å². The molecule has 0 aliphatic carbocycles. The Morgan fingerprint density at radius 1 is 0.959 bits per heavy atom. The first-order chi connectivity index (χ1) is 34.8. The second-order valence-corrected chi connectivity index (χ2v) is 23.4. The highest BCUT2D eigenvalue weighted by atomic mass is 19.1. The monoisotopic (exact) mass is 1050 g/mol. The Morgan fingerprint density at radius 2 is 1.62 bits per heavy atom. The molecular formula is C55H93FN6O12. The molecule has 4 aliphatic heterocycles. The SMILES string of the molecule is CC[C@H]1OC(=O)[C@H](C)[C@@H](C2C[C@@](C)(OC)[C@@H](O)[C@H](C)O2)[C@H](C)[C@@H](O[C@@H]2O[C@H](C)C[C@H](N(C)CCc3cn([C@H](CF)[C@H](OC)c4ccc(N5CCCC5)cc4)nn3)[C@H]2O)[C@](C)(O)C[C@@H](C)CN(C)[C@H](C)[C@@H](O)[C@]1(C)O. The maximum absolute atomic E-state index is 14.9. The van der Waals surface area contributed by atoms with Gasteiger partial charge >= 0.3 is 5.97 Å². The second-order valence-electron chi connectivity index (χ2n) is 23.4. The predicted molar refractivity (Wildman–Crippen MR) is 278 cm³/mol. The molecule has 0 spiro atoms. The Bertz CT molecular complexity index is 2060. The van der Waals surface area contributed by atoms with Gasteiger partial charge in [-0.15, -0.1) is 5.10 Å². The number of alkyl halides is 1. The lowest BCUT2D eigenvalue weighted by molar-refractivity contribution is -0.302. The largest absolute Gasteiger partial charge is 0.459 e. The average molecular weight is 1050 g/mol. The minimum Gasteiger partial charge on any atom is -0.459 e. The van der Waals surface area contributed by atoms with Crippen LogP contribution in [-0.4, -0.2) is 201 Å². The maximum atomic E-state index is 14.9. The Kier molecular flexibility index (Phi) is 20.6. The third kappa shape index (κ3) is 13.3. The van der Waals surface area contributed by atoms with Crippen molar-refractivity contribution in [1.82, 2.24) is 24.8 Å². The van der Waals surface area contributed by atoms with Gasteiger partial charge in [-0.3, -0.25) is 4.79 Å². The number of aliphatic hydroxyl groups is 5. The highest BCUT2D eigenvalue weighted by molar-refractivity contribution is 5.73. The van der Waals surface area contributed by atoms with Crippen LogP contribution in [0.2, 0.25) is 0 Å². The van der Waals surface area contributed by atoms with Gasteiger partial charge in [0.25, 0.3) is 0 Å². The van der Waals surface area contributed by atoms with Gasteiger partial charge in [-0.2, -0.15) is 0 Å². The molecule has 1 unspecified atom stereocenters. The van der Waals surface area contributed by atoms with Gasteiger partial charge in [-0.1, -0.05) is 45.0 Å². The summed E-state index contributed by atoms with van der Waals surface area (Å²) < 4.78 is 54.6. The molecule has 20 atom stereocenters. The van der Waals surface area contributed by atoms with Crippen LogP contribution < -0.4 is 4.90 Å². The summed E-state index contributed by atoms with van der Waals surface area (Å²) in [6, 6.07) is 6.33. The Labute approximate surface area is 440 Å². The number of cyclic esters (lactones) is 1. The van der Waals surface area contributed by atoms with Crippen LogP contribution in [0, 0.1) is 23.7 Å². The van der Waals surface area contributed by atoms with Crippen molar-refractivity contribution in [3.05, 3.63) is 41.7 Å². The molecule has 4 fully saturated rings. The Hall–Kier alpha value is -2.92. The molecule has 4 saturated heterocycles. The van der Waals surface area contributed by atoms with Crippen LogP contribution in [0.5, 0.6) is 0 Å². The van der Waals surface area contributed by atoms with E-state index in [1.54, 1.807) is 47.9 Å². The number of hydrogen-bond acceptors (Lipinski definition) is 17. The number of halogens is 1. The van der Waals surface area contributed by atoms with E-state index in [2.05, 4.69) is 27.3 Å². The minimum atomic E-state index is -1.83. The van der Waals surface area contributed by atoms with Crippen LogP contribution in [0.25, 0.3) is 0 Å². The van der Waals surface area contributed by atoms with Gasteiger partial charge in [0.2, 0.25) is 0 Å². The number of likely N-dealkylation sites (N-methyl/N-ethyl adjacent to an activating group) is 2. The van der Waals surface area contributed by atoms with E-state index in [-0.39, 0.29) is 31.3 Å². The number of nitrogens with zero attached hydrogens (tertiary/aromatic N) is 6. The molecule has 1 aromatic heterocycles. The third-order valence-electron chi connectivity index (χ3n) is 17.5. The van der Waals surface area contributed by atoms with Crippen molar-refractivity contribution < 1.29 is 63.1 Å². The number of anilines is 1. The van der Waals surface area contributed by atoms with Gasteiger partial charge in [-0.25, -0.2) is 9.07 Å². The fourth-order valence-electron chi connectivity index (χ4n) is 12.9. The van der Waals surface area contributed by atoms with Gasteiger partial charge in [0, 0.05) is 83.1 Å². The van der Waals surface area contributed by atoms with E-state index in [9.17, 15) is 34.7 Å². The molecule has 6 rings (SSSR count). The Morgan fingerprint density at radius 3 is 2.23 bits per heavy atom. The van der Waals surface area contributed by atoms with Crippen LogP contribution in [0.1, 0.15) is 131 Å². The molecule has 0 bridgehead atoms. The van der Waals surface area contributed by atoms with Crippen molar-refractivity contribution in [3.63, 3.8) is 0 Å². The van der Waals surface area contributed by atoms with Gasteiger partial charge in [-0.05, 0) is 117 Å². The topological polar surface area (TPSA) is 214 Å². The number of esters is 1. The highest BCUT2D eigenvalue weighted by Gasteiger charge is 2.55. The number of benzene rings is 1. The van der Waals surface area contributed by atoms with Crippen LogP contribution in [0.4, 0.5) is 10.1 Å². The number of carbonyl (C=O) groups is 1. The fourth-order valence-corrected chi connectivity index (χ4v) is 12.9. The van der Waals surface area contributed by atoms with E-state index < -0.39 is 120 Å². The standard InChI is InChI=1S/C55H93FN6O12/c1-15-44-55(10,68)48(64)36(6)60(12)30-32(2)27-53(8,67)50(34(4)45(35(5)51(66)73-44)43-28-54(9,70-14)49(65)37(7)72-43)74-52-46(63)41(26-33(3)71-52)59(11)25-22-39-31-62(58-57-39)42(29-56)47(69-13)38-18-20-40(21-19-38)61-23-16-17-24-61/h18-21,31-37,41-50,52,63-65,67-68H,15-17,22-30H2,1-14H3/t32-,33-,34+,35-,36-,37+,41+,42-,43?,44-,45+,46-,47-,48-,49+,50-,52+,53-,54-,55-/m1/s1. The first-order valence-corrected chi connectivity index (χ1v) is 27.3. The van der Waals surface area contributed by atoms with E-state index in [1.807, 2.05) is 63.7 Å². The molecule has 422 valence electrons. The predicted octanol–water partition coefficient (Wildman–Crippen LogP) is 4.88. The smallest absolute Gasteiger partial charge is 0.309 e. The van der Waals surface area contributed by atoms with Gasteiger partial charge in [0.15, 0.2) is 6.29 Å². The summed E-state index contributed by atoms with van der Waals surface area (Å²) in [5, 5.41) is 69.1. The molecule has 19 heteroatoms. The summed E-state index contributed by atoms with van der Waals surface area (Å²) in [5.74, 6) is -3.22. The molecule has 0 radical (unpaired) electrons. The number of rotatable bonds is 15. The van der Waals surface area contributed by atoms with Crippen molar-refractivity contribution in [2.75, 3.05) is 66.1 Å². The molecule has 0 amide bonds. The van der Waals surface area contributed by atoms with Crippen molar-refractivity contribution in [2.24, 2.45) is 23.7 Å². The first-order valence-electron chi connectivity index (χ1n) is 27.3. The van der Waals surface area contributed by atoms with Crippen LogP contribution in [0.15, 0.2) is 30.5 Å². The molecule has 18 nitrogen and oxygen atoms in total. The van der Waals surface area contributed by atoms with Crippen molar-refractivity contribution in [2.45, 2.75) is 210 Å². The molecule has 4 aliphatic rings. The zero-order chi connectivity index (χ0) is 54.6. The van der Waals surface area contributed by atoms with E-state index in [1.165, 1.54) is 31.6 Å². The molecule has 74 heavy (non-hydrogen) atoms. The number of ether oxygens (including phenoxy) is 6. The van der Waals surface area contributed by atoms with E-state index in [0.29, 0.717) is 31.6 Å². The van der Waals surface area contributed by atoms with Crippen molar-refractivity contribution in [1.29, 1.82) is 0 Å². The van der Waals surface area contributed by atoms with Crippen LogP contribution in [-0.2, 0) is 39.6 Å². The third-order valence-corrected chi connectivity index (χ3v) is 17.5. The summed E-state index contributed by atoms with van der Waals surface area (Å²) in [5.41, 5.74) is -1.87. The van der Waals surface area contributed by atoms with Gasteiger partial charge in [0.05, 0.1) is 47.2 Å². The first kappa shape index (κ1) is 60.3. The number of methoxy groups -OCH3 is 2. The maximum Gasteiger partial charge on any atom is 0.309 e. The fraction of sp³-hybridized carbons (Fsp3) is 0.836. The summed E-state index contributed by atoms with van der Waals surface area (Å²) in [7, 11) is 6.86. The lowest BCUT2D eigenvalue weighted by Crippen LogP contribution is -2.62. The van der Waals surface area contributed by atoms with Gasteiger partial charge in [0.1, 0.15) is 48.8 Å². The lowest BCUT2D eigenvalue weighted by atomic mass is 9.68. The van der Waals surface area contributed by atoms with Gasteiger partial charge < -0.3 is 68.7 Å².